The Hall–Kier alpha value is -1.32. The first kappa shape index (κ1) is 14.1. The van der Waals surface area contributed by atoms with Gasteiger partial charge in [-0.2, -0.15) is 5.10 Å². The Bertz CT molecular complexity index is 504. The van der Waals surface area contributed by atoms with Crippen molar-refractivity contribution in [2.75, 3.05) is 6.54 Å². The van der Waals surface area contributed by atoms with Crippen LogP contribution in [0.3, 0.4) is 0 Å². The topological polar surface area (TPSA) is 29.9 Å². The summed E-state index contributed by atoms with van der Waals surface area (Å²) in [7, 11) is 1.95. The molecule has 0 aliphatic heterocycles. The first-order chi connectivity index (χ1) is 9.15. The van der Waals surface area contributed by atoms with E-state index in [1.165, 1.54) is 11.1 Å². The predicted octanol–water partition coefficient (Wildman–Crippen LogP) is 3.36. The van der Waals surface area contributed by atoms with Crippen LogP contribution in [-0.4, -0.2) is 16.3 Å². The molecule has 1 aromatic heterocycles. The van der Waals surface area contributed by atoms with Gasteiger partial charge in [0.05, 0.1) is 6.20 Å². The van der Waals surface area contributed by atoms with Gasteiger partial charge in [-0.3, -0.25) is 4.68 Å². The minimum absolute atomic E-state index is 0.353. The van der Waals surface area contributed by atoms with Crippen LogP contribution in [0.15, 0.2) is 36.7 Å². The van der Waals surface area contributed by atoms with E-state index in [1.54, 1.807) is 0 Å². The first-order valence-corrected chi connectivity index (χ1v) is 6.99. The third-order valence-electron chi connectivity index (χ3n) is 3.22. The molecule has 0 bridgehead atoms. The van der Waals surface area contributed by atoms with Crippen LogP contribution in [-0.2, 0) is 13.5 Å². The molecule has 1 aromatic carbocycles. The van der Waals surface area contributed by atoms with E-state index in [0.717, 1.165) is 24.4 Å². The molecule has 1 atom stereocenters. The molecule has 102 valence electrons. The van der Waals surface area contributed by atoms with Gasteiger partial charge in [-0.15, -0.1) is 0 Å². The lowest BCUT2D eigenvalue weighted by Gasteiger charge is -2.14. The third-order valence-corrected chi connectivity index (χ3v) is 3.47. The molecule has 1 N–H and O–H groups in total. The summed E-state index contributed by atoms with van der Waals surface area (Å²) in [6.45, 7) is 3.17. The van der Waals surface area contributed by atoms with E-state index < -0.39 is 0 Å². The van der Waals surface area contributed by atoms with Crippen LogP contribution in [0.2, 0.25) is 5.02 Å². The molecule has 1 unspecified atom stereocenters. The summed E-state index contributed by atoms with van der Waals surface area (Å²) in [6, 6.07) is 8.36. The lowest BCUT2D eigenvalue weighted by atomic mass is 10.1. The number of aromatic nitrogens is 2. The third kappa shape index (κ3) is 4.37. The smallest absolute Gasteiger partial charge is 0.0521 e. The molecule has 4 heteroatoms. The van der Waals surface area contributed by atoms with E-state index in [9.17, 15) is 0 Å². The molecule has 0 aliphatic carbocycles. The number of nitrogens with one attached hydrogen (secondary N) is 1. The highest BCUT2D eigenvalue weighted by atomic mass is 35.5. The molecule has 0 radical (unpaired) electrons. The maximum atomic E-state index is 5.88. The monoisotopic (exact) mass is 277 g/mol. The van der Waals surface area contributed by atoms with Crippen molar-refractivity contribution in [3.05, 3.63) is 52.8 Å². The predicted molar refractivity (Wildman–Crippen MR) is 79.4 cm³/mol. The highest BCUT2D eigenvalue weighted by molar-refractivity contribution is 6.30. The Morgan fingerprint density at radius 2 is 2.05 bits per heavy atom. The van der Waals surface area contributed by atoms with Gasteiger partial charge in [-0.05, 0) is 49.6 Å². The van der Waals surface area contributed by atoms with Crippen LogP contribution in [0.1, 0.15) is 30.5 Å². The van der Waals surface area contributed by atoms with Crippen molar-refractivity contribution in [1.82, 2.24) is 15.1 Å². The Labute approximate surface area is 119 Å². The zero-order chi connectivity index (χ0) is 13.7. The summed E-state index contributed by atoms with van der Waals surface area (Å²) < 4.78 is 1.85. The Morgan fingerprint density at radius 3 is 2.68 bits per heavy atom. The summed E-state index contributed by atoms with van der Waals surface area (Å²) in [5, 5.41) is 8.48. The average Bonchev–Trinajstić information content (AvgIpc) is 2.81. The summed E-state index contributed by atoms with van der Waals surface area (Å²) in [5.74, 6) is 0. The summed E-state index contributed by atoms with van der Waals surface area (Å²) >= 11 is 5.88. The van der Waals surface area contributed by atoms with Gasteiger partial charge >= 0.3 is 0 Å². The number of rotatable bonds is 6. The Morgan fingerprint density at radius 1 is 1.32 bits per heavy atom. The summed E-state index contributed by atoms with van der Waals surface area (Å²) in [5.41, 5.74) is 2.56. The van der Waals surface area contributed by atoms with Crippen molar-refractivity contribution < 1.29 is 0 Å². The fourth-order valence-electron chi connectivity index (χ4n) is 2.08. The molecule has 0 aliphatic rings. The number of hydrogen-bond donors (Lipinski definition) is 1. The van der Waals surface area contributed by atoms with E-state index in [1.807, 2.05) is 30.1 Å². The van der Waals surface area contributed by atoms with Crippen LogP contribution in [0.5, 0.6) is 0 Å². The van der Waals surface area contributed by atoms with Gasteiger partial charge in [0.2, 0.25) is 0 Å². The van der Waals surface area contributed by atoms with Crippen LogP contribution >= 0.6 is 11.6 Å². The normalized spacial score (nSPS) is 12.6. The molecule has 0 saturated heterocycles. The van der Waals surface area contributed by atoms with Gasteiger partial charge in [0.1, 0.15) is 0 Å². The number of hydrogen-bond acceptors (Lipinski definition) is 2. The molecule has 2 rings (SSSR count). The molecule has 0 saturated carbocycles. The van der Waals surface area contributed by atoms with Gasteiger partial charge in [-0.1, -0.05) is 23.7 Å². The standard InChI is InChI=1S/C15H20ClN3/c1-12(14-5-7-15(16)8-6-14)17-9-3-4-13-10-18-19(2)11-13/h5-8,10-12,17H,3-4,9H2,1-2H3. The molecule has 0 fully saturated rings. The minimum atomic E-state index is 0.353. The Kier molecular flexibility index (Phi) is 5.00. The van der Waals surface area contributed by atoms with Crippen molar-refractivity contribution in [2.45, 2.75) is 25.8 Å². The van der Waals surface area contributed by atoms with Gasteiger partial charge < -0.3 is 5.32 Å². The second-order valence-electron chi connectivity index (χ2n) is 4.85. The maximum absolute atomic E-state index is 5.88. The zero-order valence-corrected chi connectivity index (χ0v) is 12.2. The summed E-state index contributed by atoms with van der Waals surface area (Å²) in [6.07, 6.45) is 6.18. The number of nitrogens with zero attached hydrogens (tertiary/aromatic N) is 2. The van der Waals surface area contributed by atoms with Crippen molar-refractivity contribution in [3.63, 3.8) is 0 Å². The second kappa shape index (κ2) is 6.73. The first-order valence-electron chi connectivity index (χ1n) is 6.61. The maximum Gasteiger partial charge on any atom is 0.0521 e. The molecule has 19 heavy (non-hydrogen) atoms. The fraction of sp³-hybridized carbons (Fsp3) is 0.400. The van der Waals surface area contributed by atoms with Crippen LogP contribution in [0.4, 0.5) is 0 Å². The lowest BCUT2D eigenvalue weighted by Crippen LogP contribution is -2.20. The van der Waals surface area contributed by atoms with Gasteiger partial charge in [0.15, 0.2) is 0 Å². The second-order valence-corrected chi connectivity index (χ2v) is 5.29. The van der Waals surface area contributed by atoms with Crippen molar-refractivity contribution >= 4 is 11.6 Å². The lowest BCUT2D eigenvalue weighted by molar-refractivity contribution is 0.558. The average molecular weight is 278 g/mol. The van der Waals surface area contributed by atoms with Crippen LogP contribution in [0.25, 0.3) is 0 Å². The zero-order valence-electron chi connectivity index (χ0n) is 11.4. The van der Waals surface area contributed by atoms with Gasteiger partial charge in [0.25, 0.3) is 0 Å². The highest BCUT2D eigenvalue weighted by Gasteiger charge is 2.04. The Balaban J connectivity index is 1.72. The molecular formula is C15H20ClN3. The van der Waals surface area contributed by atoms with Gasteiger partial charge in [-0.25, -0.2) is 0 Å². The van der Waals surface area contributed by atoms with E-state index in [0.29, 0.717) is 6.04 Å². The van der Waals surface area contributed by atoms with E-state index in [4.69, 9.17) is 11.6 Å². The fourth-order valence-corrected chi connectivity index (χ4v) is 2.21. The SMILES string of the molecule is CC(NCCCc1cnn(C)c1)c1ccc(Cl)cc1. The minimum Gasteiger partial charge on any atom is -0.310 e. The van der Waals surface area contributed by atoms with Gasteiger partial charge in [0, 0.05) is 24.3 Å². The van der Waals surface area contributed by atoms with E-state index >= 15 is 0 Å². The number of aryl methyl sites for hydroxylation is 2. The largest absolute Gasteiger partial charge is 0.310 e. The van der Waals surface area contributed by atoms with Crippen molar-refractivity contribution in [3.8, 4) is 0 Å². The van der Waals surface area contributed by atoms with Crippen LogP contribution < -0.4 is 5.32 Å². The molecule has 0 amide bonds. The molecule has 1 heterocycles. The number of benzene rings is 1. The van der Waals surface area contributed by atoms with E-state index in [2.05, 4.69) is 35.7 Å². The van der Waals surface area contributed by atoms with Crippen LogP contribution in [0, 0.1) is 0 Å². The quantitative estimate of drug-likeness (QED) is 0.821. The van der Waals surface area contributed by atoms with Crippen molar-refractivity contribution in [1.29, 1.82) is 0 Å². The number of halogens is 1. The molecular weight excluding hydrogens is 258 g/mol. The molecule has 2 aromatic rings. The summed E-state index contributed by atoms with van der Waals surface area (Å²) in [4.78, 5) is 0. The highest BCUT2D eigenvalue weighted by Crippen LogP contribution is 2.15. The molecule has 3 nitrogen and oxygen atoms in total. The van der Waals surface area contributed by atoms with E-state index in [-0.39, 0.29) is 0 Å². The molecule has 0 spiro atoms. The van der Waals surface area contributed by atoms with Crippen molar-refractivity contribution in [2.24, 2.45) is 7.05 Å².